The van der Waals surface area contributed by atoms with Gasteiger partial charge in [0.25, 0.3) is 0 Å². The molecule has 0 saturated carbocycles. The molecule has 14 heavy (non-hydrogen) atoms. The van der Waals surface area contributed by atoms with Gasteiger partial charge in [0.15, 0.2) is 0 Å². The lowest BCUT2D eigenvalue weighted by atomic mass is 9.92. The van der Waals surface area contributed by atoms with Crippen molar-refractivity contribution in [2.24, 2.45) is 11.7 Å². The maximum atomic E-state index is 5.92. The Bertz CT molecular complexity index is 315. The second kappa shape index (κ2) is 5.10. The minimum Gasteiger partial charge on any atom is -0.330 e. The first-order valence-electron chi connectivity index (χ1n) is 4.58. The third kappa shape index (κ3) is 2.69. The largest absolute Gasteiger partial charge is 0.330 e. The molecule has 0 bridgehead atoms. The number of hydrogen-bond donors (Lipinski definition) is 1. The van der Waals surface area contributed by atoms with Crippen molar-refractivity contribution in [2.75, 3.05) is 6.54 Å². The van der Waals surface area contributed by atoms with Crippen LogP contribution < -0.4 is 5.73 Å². The number of nitrogens with zero attached hydrogens (tertiary/aromatic N) is 1. The number of nitrogens with two attached hydrogens (primary N) is 1. The van der Waals surface area contributed by atoms with E-state index >= 15 is 0 Å². The van der Waals surface area contributed by atoms with Crippen LogP contribution in [0.2, 0.25) is 5.15 Å². The number of pyridine rings is 1. The van der Waals surface area contributed by atoms with Crippen molar-refractivity contribution in [3.63, 3.8) is 0 Å². The molecule has 78 valence electrons. The molecule has 1 unspecified atom stereocenters. The molecule has 1 aromatic rings. The summed E-state index contributed by atoms with van der Waals surface area (Å²) in [7, 11) is 0. The van der Waals surface area contributed by atoms with Crippen LogP contribution in [0.3, 0.4) is 0 Å². The summed E-state index contributed by atoms with van der Waals surface area (Å²) in [6.45, 7) is 4.87. The van der Waals surface area contributed by atoms with Crippen molar-refractivity contribution < 1.29 is 0 Å². The molecule has 2 nitrogen and oxygen atoms in total. The van der Waals surface area contributed by atoms with Crippen LogP contribution in [0.5, 0.6) is 0 Å². The fraction of sp³-hybridized carbons (Fsp3) is 0.500. The molecule has 1 aromatic heterocycles. The van der Waals surface area contributed by atoms with Gasteiger partial charge in [-0.05, 0) is 34.0 Å². The summed E-state index contributed by atoms with van der Waals surface area (Å²) in [6, 6.07) is 3.88. The molecule has 0 radical (unpaired) electrons. The summed E-state index contributed by atoms with van der Waals surface area (Å²) in [6.07, 6.45) is 0. The van der Waals surface area contributed by atoms with Crippen LogP contribution in [0.25, 0.3) is 0 Å². The van der Waals surface area contributed by atoms with Gasteiger partial charge in [-0.25, -0.2) is 4.98 Å². The molecular formula is C10H14BrClN2. The fourth-order valence-electron chi connectivity index (χ4n) is 1.37. The van der Waals surface area contributed by atoms with E-state index in [4.69, 9.17) is 17.3 Å². The lowest BCUT2D eigenvalue weighted by Crippen LogP contribution is -2.18. The highest BCUT2D eigenvalue weighted by atomic mass is 79.9. The third-order valence-electron chi connectivity index (χ3n) is 2.26. The van der Waals surface area contributed by atoms with E-state index in [1.165, 1.54) is 0 Å². The molecule has 1 rings (SSSR count). The smallest absolute Gasteiger partial charge is 0.143 e. The zero-order chi connectivity index (χ0) is 10.7. The highest BCUT2D eigenvalue weighted by Crippen LogP contribution is 2.26. The van der Waals surface area contributed by atoms with Gasteiger partial charge in [0, 0.05) is 18.2 Å². The SMILES string of the molecule is CC(C)C(CN)c1ccc(Br)c(Cl)n1. The average Bonchev–Trinajstić information content (AvgIpc) is 2.11. The van der Waals surface area contributed by atoms with Crippen LogP contribution in [0.1, 0.15) is 25.5 Å². The van der Waals surface area contributed by atoms with Gasteiger partial charge in [0.2, 0.25) is 0 Å². The zero-order valence-corrected chi connectivity index (χ0v) is 10.6. The van der Waals surface area contributed by atoms with Crippen molar-refractivity contribution in [1.82, 2.24) is 4.98 Å². The van der Waals surface area contributed by atoms with Gasteiger partial charge in [-0.15, -0.1) is 0 Å². The molecular weight excluding hydrogens is 263 g/mol. The molecule has 0 amide bonds. The molecule has 0 saturated heterocycles. The maximum absolute atomic E-state index is 5.92. The predicted octanol–water partition coefficient (Wildman–Crippen LogP) is 3.20. The highest BCUT2D eigenvalue weighted by molar-refractivity contribution is 9.10. The molecule has 0 aliphatic carbocycles. The van der Waals surface area contributed by atoms with Gasteiger partial charge in [-0.1, -0.05) is 25.4 Å². The van der Waals surface area contributed by atoms with Crippen molar-refractivity contribution in [2.45, 2.75) is 19.8 Å². The first-order valence-corrected chi connectivity index (χ1v) is 5.75. The van der Waals surface area contributed by atoms with Crippen molar-refractivity contribution in [3.8, 4) is 0 Å². The van der Waals surface area contributed by atoms with E-state index < -0.39 is 0 Å². The molecule has 2 N–H and O–H groups in total. The van der Waals surface area contributed by atoms with E-state index in [2.05, 4.69) is 34.8 Å². The zero-order valence-electron chi connectivity index (χ0n) is 8.30. The molecule has 0 aromatic carbocycles. The Morgan fingerprint density at radius 3 is 2.57 bits per heavy atom. The quantitative estimate of drug-likeness (QED) is 0.862. The molecule has 4 heteroatoms. The van der Waals surface area contributed by atoms with E-state index in [1.54, 1.807) is 0 Å². The van der Waals surface area contributed by atoms with Crippen LogP contribution in [0.15, 0.2) is 16.6 Å². The van der Waals surface area contributed by atoms with E-state index in [0.29, 0.717) is 17.6 Å². The second-order valence-corrected chi connectivity index (χ2v) is 4.81. The number of rotatable bonds is 3. The van der Waals surface area contributed by atoms with Crippen molar-refractivity contribution in [3.05, 3.63) is 27.5 Å². The standard InChI is InChI=1S/C10H14BrClN2/c1-6(2)7(5-13)9-4-3-8(11)10(12)14-9/h3-4,6-7H,5,13H2,1-2H3. The van der Waals surface area contributed by atoms with E-state index in [9.17, 15) is 0 Å². The first kappa shape index (κ1) is 12.0. The Kier molecular flexibility index (Phi) is 4.35. The van der Waals surface area contributed by atoms with Gasteiger partial charge in [0.1, 0.15) is 5.15 Å². The van der Waals surface area contributed by atoms with E-state index in [-0.39, 0.29) is 5.92 Å². The Morgan fingerprint density at radius 1 is 1.50 bits per heavy atom. The Morgan fingerprint density at radius 2 is 2.14 bits per heavy atom. The molecule has 1 atom stereocenters. The summed E-state index contributed by atoms with van der Waals surface area (Å²) >= 11 is 9.23. The third-order valence-corrected chi connectivity index (χ3v) is 3.42. The van der Waals surface area contributed by atoms with Crippen molar-refractivity contribution in [1.29, 1.82) is 0 Å². The molecule has 0 aliphatic heterocycles. The van der Waals surface area contributed by atoms with E-state index in [1.807, 2.05) is 12.1 Å². The maximum Gasteiger partial charge on any atom is 0.143 e. The monoisotopic (exact) mass is 276 g/mol. The normalized spacial score (nSPS) is 13.3. The average molecular weight is 278 g/mol. The minimum absolute atomic E-state index is 0.278. The van der Waals surface area contributed by atoms with Gasteiger partial charge in [-0.2, -0.15) is 0 Å². The van der Waals surface area contributed by atoms with Crippen LogP contribution in [-0.4, -0.2) is 11.5 Å². The molecule has 0 aliphatic rings. The number of aromatic nitrogens is 1. The first-order chi connectivity index (χ1) is 6.56. The summed E-state index contributed by atoms with van der Waals surface area (Å²) in [4.78, 5) is 4.30. The lowest BCUT2D eigenvalue weighted by Gasteiger charge is -2.18. The lowest BCUT2D eigenvalue weighted by molar-refractivity contribution is 0.495. The fourth-order valence-corrected chi connectivity index (χ4v) is 1.75. The summed E-state index contributed by atoms with van der Waals surface area (Å²) in [5, 5.41) is 0.501. The van der Waals surface area contributed by atoms with Gasteiger partial charge in [-0.3, -0.25) is 0 Å². The molecule has 0 fully saturated rings. The Labute approximate surface area is 98.0 Å². The number of hydrogen-bond acceptors (Lipinski definition) is 2. The predicted molar refractivity (Wildman–Crippen MR) is 63.6 cm³/mol. The van der Waals surface area contributed by atoms with Gasteiger partial charge >= 0.3 is 0 Å². The number of halogens is 2. The summed E-state index contributed by atoms with van der Waals surface area (Å²) in [5.74, 6) is 0.755. The Balaban J connectivity index is 3.00. The topological polar surface area (TPSA) is 38.9 Å². The van der Waals surface area contributed by atoms with Crippen LogP contribution >= 0.6 is 27.5 Å². The Hall–Kier alpha value is -0.120. The minimum atomic E-state index is 0.278. The second-order valence-electron chi connectivity index (χ2n) is 3.59. The van der Waals surface area contributed by atoms with Crippen LogP contribution in [0, 0.1) is 5.92 Å². The van der Waals surface area contributed by atoms with Gasteiger partial charge < -0.3 is 5.73 Å². The van der Waals surface area contributed by atoms with Crippen molar-refractivity contribution >= 4 is 27.5 Å². The molecule has 0 spiro atoms. The van der Waals surface area contributed by atoms with Gasteiger partial charge in [0.05, 0.1) is 4.47 Å². The van der Waals surface area contributed by atoms with Crippen LogP contribution in [0.4, 0.5) is 0 Å². The van der Waals surface area contributed by atoms with Crippen LogP contribution in [-0.2, 0) is 0 Å². The van der Waals surface area contributed by atoms with E-state index in [0.717, 1.165) is 10.2 Å². The summed E-state index contributed by atoms with van der Waals surface area (Å²) in [5.41, 5.74) is 6.67. The highest BCUT2D eigenvalue weighted by Gasteiger charge is 2.16. The molecule has 1 heterocycles. The summed E-state index contributed by atoms with van der Waals surface area (Å²) < 4.78 is 0.822.